The van der Waals surface area contributed by atoms with Crippen molar-refractivity contribution in [1.82, 2.24) is 0 Å². The lowest BCUT2D eigenvalue weighted by Gasteiger charge is -2.08. The smallest absolute Gasteiger partial charge is 0.341 e. The summed E-state index contributed by atoms with van der Waals surface area (Å²) in [6, 6.07) is 0. The van der Waals surface area contributed by atoms with Crippen LogP contribution in [-0.2, 0) is 6.42 Å². The summed E-state index contributed by atoms with van der Waals surface area (Å²) < 4.78 is 52.4. The van der Waals surface area contributed by atoms with Crippen LogP contribution in [0.4, 0.5) is 17.6 Å². The molecule has 0 saturated heterocycles. The highest BCUT2D eigenvalue weighted by atomic mass is 19.2. The van der Waals surface area contributed by atoms with E-state index < -0.39 is 46.8 Å². The molecule has 0 spiro atoms. The molecule has 1 aromatic rings. The fraction of sp³-hybridized carbons (Fsp3) is 0.222. The van der Waals surface area contributed by atoms with E-state index in [1.54, 1.807) is 0 Å². The Hall–Kier alpha value is -1.63. The fourth-order valence-corrected chi connectivity index (χ4v) is 1.23. The van der Waals surface area contributed by atoms with E-state index in [9.17, 15) is 22.4 Å². The van der Waals surface area contributed by atoms with E-state index in [0.29, 0.717) is 0 Å². The van der Waals surface area contributed by atoms with Crippen LogP contribution < -0.4 is 5.73 Å². The zero-order valence-corrected chi connectivity index (χ0v) is 7.86. The van der Waals surface area contributed by atoms with Crippen LogP contribution in [0.2, 0.25) is 0 Å². The van der Waals surface area contributed by atoms with Crippen molar-refractivity contribution in [3.8, 4) is 0 Å². The summed E-state index contributed by atoms with van der Waals surface area (Å²) in [7, 11) is 0. The van der Waals surface area contributed by atoms with Crippen LogP contribution in [0.5, 0.6) is 0 Å². The van der Waals surface area contributed by atoms with Crippen molar-refractivity contribution in [3.05, 3.63) is 34.4 Å². The van der Waals surface area contributed by atoms with E-state index in [-0.39, 0.29) is 6.54 Å². The van der Waals surface area contributed by atoms with Crippen LogP contribution in [0.25, 0.3) is 0 Å². The first-order chi connectivity index (χ1) is 7.41. The summed E-state index contributed by atoms with van der Waals surface area (Å²) in [6.07, 6.45) is -0.425. The van der Waals surface area contributed by atoms with Gasteiger partial charge in [0.05, 0.1) is 0 Å². The molecule has 88 valence electrons. The Morgan fingerprint density at radius 2 is 1.50 bits per heavy atom. The zero-order chi connectivity index (χ0) is 12.5. The molecule has 0 radical (unpaired) electrons. The van der Waals surface area contributed by atoms with E-state index >= 15 is 0 Å². The third-order valence-electron chi connectivity index (χ3n) is 1.96. The van der Waals surface area contributed by atoms with Crippen LogP contribution in [0.1, 0.15) is 15.9 Å². The molecule has 1 rings (SSSR count). The van der Waals surface area contributed by atoms with Gasteiger partial charge >= 0.3 is 5.97 Å². The molecule has 0 amide bonds. The second kappa shape index (κ2) is 4.48. The van der Waals surface area contributed by atoms with E-state index in [1.165, 1.54) is 0 Å². The number of hydrogen-bond acceptors (Lipinski definition) is 2. The first-order valence-corrected chi connectivity index (χ1v) is 4.20. The molecule has 3 N–H and O–H groups in total. The van der Waals surface area contributed by atoms with E-state index in [2.05, 4.69) is 0 Å². The first kappa shape index (κ1) is 12.4. The second-order valence-electron chi connectivity index (χ2n) is 2.95. The van der Waals surface area contributed by atoms with Crippen molar-refractivity contribution in [2.24, 2.45) is 5.73 Å². The molecule has 0 aliphatic heterocycles. The molecule has 0 bridgehead atoms. The van der Waals surface area contributed by atoms with Gasteiger partial charge in [-0.05, 0) is 13.0 Å². The van der Waals surface area contributed by atoms with Crippen molar-refractivity contribution in [2.75, 3.05) is 6.54 Å². The van der Waals surface area contributed by atoms with Gasteiger partial charge in [-0.2, -0.15) is 0 Å². The molecule has 1 aromatic carbocycles. The summed E-state index contributed by atoms with van der Waals surface area (Å²) in [5.41, 5.74) is 2.47. The predicted molar refractivity (Wildman–Crippen MR) is 46.0 cm³/mol. The number of hydrogen-bond donors (Lipinski definition) is 2. The maximum Gasteiger partial charge on any atom is 0.341 e. The molecule has 0 unspecified atom stereocenters. The fourth-order valence-electron chi connectivity index (χ4n) is 1.23. The molecule has 0 atom stereocenters. The van der Waals surface area contributed by atoms with Gasteiger partial charge in [-0.15, -0.1) is 0 Å². The largest absolute Gasteiger partial charge is 0.477 e. The second-order valence-corrected chi connectivity index (χ2v) is 2.95. The third kappa shape index (κ3) is 1.85. The van der Waals surface area contributed by atoms with Crippen molar-refractivity contribution >= 4 is 5.97 Å². The lowest BCUT2D eigenvalue weighted by molar-refractivity contribution is 0.0683. The predicted octanol–water partition coefficient (Wildman–Crippen LogP) is 1.44. The van der Waals surface area contributed by atoms with Crippen LogP contribution in [0, 0.1) is 23.3 Å². The van der Waals surface area contributed by atoms with Crippen LogP contribution in [0.3, 0.4) is 0 Å². The Bertz CT molecular complexity index is 419. The van der Waals surface area contributed by atoms with Gasteiger partial charge < -0.3 is 10.8 Å². The first-order valence-electron chi connectivity index (χ1n) is 4.20. The Labute approximate surface area is 87.5 Å². The Morgan fingerprint density at radius 1 is 1.06 bits per heavy atom. The minimum absolute atomic E-state index is 0.223. The summed E-state index contributed by atoms with van der Waals surface area (Å²) in [5.74, 6) is -9.36. The highest BCUT2D eigenvalue weighted by Crippen LogP contribution is 2.24. The number of halogens is 4. The van der Waals surface area contributed by atoms with Crippen molar-refractivity contribution in [3.63, 3.8) is 0 Å². The molecular weight excluding hydrogens is 230 g/mol. The molecule has 7 heteroatoms. The SMILES string of the molecule is NCCc1c(F)c(F)c(C(=O)O)c(F)c1F. The number of carboxylic acid groups (broad SMARTS) is 1. The average Bonchev–Trinajstić information content (AvgIpc) is 2.21. The molecule has 0 aromatic heterocycles. The van der Waals surface area contributed by atoms with Gasteiger partial charge in [-0.1, -0.05) is 0 Å². The minimum atomic E-state index is -2.08. The van der Waals surface area contributed by atoms with Crippen molar-refractivity contribution < 1.29 is 27.5 Å². The van der Waals surface area contributed by atoms with Gasteiger partial charge in [0.15, 0.2) is 23.3 Å². The van der Waals surface area contributed by atoms with Gasteiger partial charge in [0, 0.05) is 5.56 Å². The number of carboxylic acids is 1. The third-order valence-corrected chi connectivity index (χ3v) is 1.96. The number of carbonyl (C=O) groups is 1. The van der Waals surface area contributed by atoms with Gasteiger partial charge in [0.1, 0.15) is 5.56 Å². The quantitative estimate of drug-likeness (QED) is 0.617. The molecule has 0 aliphatic rings. The Kier molecular flexibility index (Phi) is 3.48. The van der Waals surface area contributed by atoms with Gasteiger partial charge in [-0.3, -0.25) is 0 Å². The highest BCUT2D eigenvalue weighted by Gasteiger charge is 2.28. The van der Waals surface area contributed by atoms with Crippen LogP contribution in [0.15, 0.2) is 0 Å². The molecule has 0 heterocycles. The topological polar surface area (TPSA) is 63.3 Å². The number of rotatable bonds is 3. The molecule has 0 aliphatic carbocycles. The molecule has 0 saturated carbocycles. The van der Waals surface area contributed by atoms with Gasteiger partial charge in [0.25, 0.3) is 0 Å². The Balaban J connectivity index is 3.56. The standard InChI is InChI=1S/C9H7F4NO2/c10-5-3(1-2-14)6(11)8(13)4(7(5)12)9(15)16/h1-2,14H2,(H,15,16). The summed E-state index contributed by atoms with van der Waals surface area (Å²) in [6.45, 7) is -0.223. The Morgan fingerprint density at radius 3 is 1.81 bits per heavy atom. The van der Waals surface area contributed by atoms with E-state index in [1.807, 2.05) is 0 Å². The lowest BCUT2D eigenvalue weighted by atomic mass is 10.1. The minimum Gasteiger partial charge on any atom is -0.477 e. The van der Waals surface area contributed by atoms with Crippen LogP contribution >= 0.6 is 0 Å². The summed E-state index contributed by atoms with van der Waals surface area (Å²) in [5, 5.41) is 8.38. The summed E-state index contributed by atoms with van der Waals surface area (Å²) in [4.78, 5) is 10.4. The number of aromatic carboxylic acids is 1. The maximum absolute atomic E-state index is 13.1. The molecule has 3 nitrogen and oxygen atoms in total. The molecule has 0 fully saturated rings. The van der Waals surface area contributed by atoms with E-state index in [4.69, 9.17) is 10.8 Å². The van der Waals surface area contributed by atoms with Crippen LogP contribution in [-0.4, -0.2) is 17.6 Å². The van der Waals surface area contributed by atoms with Gasteiger partial charge in [-0.25, -0.2) is 22.4 Å². The number of nitrogens with two attached hydrogens (primary N) is 1. The maximum atomic E-state index is 13.1. The number of benzene rings is 1. The highest BCUT2D eigenvalue weighted by molar-refractivity contribution is 5.88. The normalized spacial score (nSPS) is 10.6. The van der Waals surface area contributed by atoms with Crippen molar-refractivity contribution in [2.45, 2.75) is 6.42 Å². The van der Waals surface area contributed by atoms with Crippen molar-refractivity contribution in [1.29, 1.82) is 0 Å². The monoisotopic (exact) mass is 237 g/mol. The summed E-state index contributed by atoms with van der Waals surface area (Å²) >= 11 is 0. The molecule has 16 heavy (non-hydrogen) atoms. The lowest BCUT2D eigenvalue weighted by Crippen LogP contribution is -2.15. The zero-order valence-electron chi connectivity index (χ0n) is 7.86. The van der Waals surface area contributed by atoms with Gasteiger partial charge in [0.2, 0.25) is 0 Å². The molecular formula is C9H7F4NO2. The average molecular weight is 237 g/mol. The van der Waals surface area contributed by atoms with E-state index in [0.717, 1.165) is 0 Å².